The molecule has 2 aliphatic rings. The van der Waals surface area contributed by atoms with Gasteiger partial charge in [-0.25, -0.2) is 0 Å². The minimum Gasteiger partial charge on any atom is -0.493 e. The standard InChI is InChI=1S/C13H20N2O3/c1-17-13(16)9-2-4-10(5-3-9)18-12-6-7-15-8-11(12)14/h8-10H,2-7,14H2,1H3. The third-order valence-electron chi connectivity index (χ3n) is 3.54. The van der Waals surface area contributed by atoms with E-state index in [1.807, 2.05) is 0 Å². The number of aliphatic imine (C=N–C) groups is 1. The molecule has 2 N–H and O–H groups in total. The largest absolute Gasteiger partial charge is 0.493 e. The number of carbonyl (C=O) groups excluding carboxylic acids is 1. The van der Waals surface area contributed by atoms with Gasteiger partial charge in [0.05, 0.1) is 24.8 Å². The van der Waals surface area contributed by atoms with Crippen molar-refractivity contribution in [3.8, 4) is 0 Å². The molecule has 0 saturated heterocycles. The molecule has 0 atom stereocenters. The van der Waals surface area contributed by atoms with Gasteiger partial charge in [0, 0.05) is 19.2 Å². The highest BCUT2D eigenvalue weighted by atomic mass is 16.5. The van der Waals surface area contributed by atoms with Crippen LogP contribution in [0.15, 0.2) is 16.4 Å². The van der Waals surface area contributed by atoms with E-state index in [4.69, 9.17) is 15.2 Å². The van der Waals surface area contributed by atoms with Gasteiger partial charge >= 0.3 is 5.97 Å². The monoisotopic (exact) mass is 252 g/mol. The Morgan fingerprint density at radius 2 is 2.11 bits per heavy atom. The Morgan fingerprint density at radius 1 is 1.39 bits per heavy atom. The molecule has 1 aliphatic carbocycles. The summed E-state index contributed by atoms with van der Waals surface area (Å²) in [6.45, 7) is 0.744. The number of hydrogen-bond acceptors (Lipinski definition) is 5. The lowest BCUT2D eigenvalue weighted by Gasteiger charge is -2.29. The Labute approximate surface area is 107 Å². The fraction of sp³-hybridized carbons (Fsp3) is 0.692. The van der Waals surface area contributed by atoms with E-state index < -0.39 is 0 Å². The molecule has 1 fully saturated rings. The van der Waals surface area contributed by atoms with Crippen LogP contribution < -0.4 is 5.73 Å². The number of ether oxygens (including phenoxy) is 2. The van der Waals surface area contributed by atoms with Gasteiger partial charge in [-0.05, 0) is 25.7 Å². The summed E-state index contributed by atoms with van der Waals surface area (Å²) in [7, 11) is 1.44. The number of carbonyl (C=O) groups is 1. The molecule has 0 radical (unpaired) electrons. The summed E-state index contributed by atoms with van der Waals surface area (Å²) >= 11 is 0. The molecule has 5 heteroatoms. The summed E-state index contributed by atoms with van der Waals surface area (Å²) in [5, 5.41) is 0. The Bertz CT molecular complexity index is 368. The smallest absolute Gasteiger partial charge is 0.308 e. The molecule has 0 bridgehead atoms. The van der Waals surface area contributed by atoms with Crippen molar-refractivity contribution in [2.45, 2.75) is 38.2 Å². The Morgan fingerprint density at radius 3 is 2.72 bits per heavy atom. The highest BCUT2D eigenvalue weighted by Gasteiger charge is 2.28. The number of allylic oxidation sites excluding steroid dienone is 1. The summed E-state index contributed by atoms with van der Waals surface area (Å²) in [5.41, 5.74) is 6.46. The third kappa shape index (κ3) is 3.03. The maximum Gasteiger partial charge on any atom is 0.308 e. The van der Waals surface area contributed by atoms with Crippen LogP contribution >= 0.6 is 0 Å². The molecule has 0 amide bonds. The van der Waals surface area contributed by atoms with Crippen molar-refractivity contribution in [1.82, 2.24) is 0 Å². The lowest BCUT2D eigenvalue weighted by atomic mass is 9.87. The molecule has 2 rings (SSSR count). The van der Waals surface area contributed by atoms with E-state index in [2.05, 4.69) is 4.99 Å². The van der Waals surface area contributed by atoms with Gasteiger partial charge in [-0.1, -0.05) is 0 Å². The van der Waals surface area contributed by atoms with Crippen molar-refractivity contribution in [2.75, 3.05) is 13.7 Å². The van der Waals surface area contributed by atoms with Crippen LogP contribution in [0.5, 0.6) is 0 Å². The second kappa shape index (κ2) is 5.89. The number of rotatable bonds is 3. The summed E-state index contributed by atoms with van der Waals surface area (Å²) in [5.74, 6) is 0.789. The topological polar surface area (TPSA) is 73.9 Å². The average Bonchev–Trinajstić information content (AvgIpc) is 2.41. The van der Waals surface area contributed by atoms with Gasteiger partial charge in [0.25, 0.3) is 0 Å². The Balaban J connectivity index is 1.83. The number of nitrogens with two attached hydrogens (primary N) is 1. The third-order valence-corrected chi connectivity index (χ3v) is 3.54. The number of esters is 1. The van der Waals surface area contributed by atoms with Gasteiger partial charge in [-0.15, -0.1) is 0 Å². The van der Waals surface area contributed by atoms with Crippen LogP contribution in [0.3, 0.4) is 0 Å². The molecule has 1 heterocycles. The van der Waals surface area contributed by atoms with E-state index in [1.54, 1.807) is 6.21 Å². The molecule has 100 valence electrons. The SMILES string of the molecule is COC(=O)C1CCC(OC2=C(N)C=NCC2)CC1. The maximum absolute atomic E-state index is 11.4. The van der Waals surface area contributed by atoms with Gasteiger partial charge < -0.3 is 15.2 Å². The maximum atomic E-state index is 11.4. The molecule has 0 aromatic carbocycles. The van der Waals surface area contributed by atoms with Crippen molar-refractivity contribution in [3.05, 3.63) is 11.5 Å². The van der Waals surface area contributed by atoms with Gasteiger partial charge in [-0.3, -0.25) is 9.79 Å². The Hall–Kier alpha value is -1.52. The van der Waals surface area contributed by atoms with Crippen molar-refractivity contribution >= 4 is 12.2 Å². The van der Waals surface area contributed by atoms with Crippen LogP contribution in [0.4, 0.5) is 0 Å². The lowest BCUT2D eigenvalue weighted by molar-refractivity contribution is -0.147. The summed E-state index contributed by atoms with van der Waals surface area (Å²) < 4.78 is 10.7. The number of hydrogen-bond donors (Lipinski definition) is 1. The number of dihydropyridines is 1. The van der Waals surface area contributed by atoms with E-state index in [0.29, 0.717) is 5.70 Å². The first-order valence-corrected chi connectivity index (χ1v) is 6.43. The van der Waals surface area contributed by atoms with E-state index in [9.17, 15) is 4.79 Å². The molecule has 1 saturated carbocycles. The normalized spacial score (nSPS) is 28.1. The van der Waals surface area contributed by atoms with E-state index in [-0.39, 0.29) is 18.0 Å². The average molecular weight is 252 g/mol. The minimum absolute atomic E-state index is 0.0362. The molecule has 5 nitrogen and oxygen atoms in total. The first-order chi connectivity index (χ1) is 8.70. The van der Waals surface area contributed by atoms with Crippen molar-refractivity contribution in [1.29, 1.82) is 0 Å². The fourth-order valence-corrected chi connectivity index (χ4v) is 2.46. The van der Waals surface area contributed by atoms with Crippen LogP contribution in [-0.2, 0) is 14.3 Å². The number of nitrogens with zero attached hydrogens (tertiary/aromatic N) is 1. The van der Waals surface area contributed by atoms with Gasteiger partial charge in [0.1, 0.15) is 5.76 Å². The van der Waals surface area contributed by atoms with Crippen LogP contribution in [-0.4, -0.2) is 31.9 Å². The molecular weight excluding hydrogens is 232 g/mol. The second-order valence-electron chi connectivity index (χ2n) is 4.78. The number of methoxy groups -OCH3 is 1. The highest BCUT2D eigenvalue weighted by Crippen LogP contribution is 2.29. The van der Waals surface area contributed by atoms with Crippen LogP contribution in [0.2, 0.25) is 0 Å². The first kappa shape index (κ1) is 12.9. The molecule has 0 spiro atoms. The van der Waals surface area contributed by atoms with E-state index in [1.165, 1.54) is 7.11 Å². The van der Waals surface area contributed by atoms with Crippen molar-refractivity contribution < 1.29 is 14.3 Å². The summed E-state index contributed by atoms with van der Waals surface area (Å²) in [4.78, 5) is 15.5. The minimum atomic E-state index is -0.100. The zero-order valence-corrected chi connectivity index (χ0v) is 10.7. The zero-order chi connectivity index (χ0) is 13.0. The lowest BCUT2D eigenvalue weighted by Crippen LogP contribution is -2.28. The van der Waals surface area contributed by atoms with E-state index in [0.717, 1.165) is 44.4 Å². The molecule has 0 aromatic heterocycles. The van der Waals surface area contributed by atoms with E-state index >= 15 is 0 Å². The predicted octanol–water partition coefficient (Wildman–Crippen LogP) is 1.38. The Kier molecular flexibility index (Phi) is 4.23. The second-order valence-corrected chi connectivity index (χ2v) is 4.78. The van der Waals surface area contributed by atoms with Crippen LogP contribution in [0.25, 0.3) is 0 Å². The predicted molar refractivity (Wildman–Crippen MR) is 68.0 cm³/mol. The molecule has 0 unspecified atom stereocenters. The van der Waals surface area contributed by atoms with Crippen LogP contribution in [0, 0.1) is 5.92 Å². The summed E-state index contributed by atoms with van der Waals surface area (Å²) in [6.07, 6.45) is 6.04. The van der Waals surface area contributed by atoms with Gasteiger partial charge in [0.15, 0.2) is 0 Å². The molecule has 0 aromatic rings. The molecular formula is C13H20N2O3. The van der Waals surface area contributed by atoms with Crippen LogP contribution in [0.1, 0.15) is 32.1 Å². The zero-order valence-electron chi connectivity index (χ0n) is 10.7. The first-order valence-electron chi connectivity index (χ1n) is 6.43. The molecule has 1 aliphatic heterocycles. The van der Waals surface area contributed by atoms with Gasteiger partial charge in [-0.2, -0.15) is 0 Å². The quantitative estimate of drug-likeness (QED) is 0.770. The van der Waals surface area contributed by atoms with Crippen molar-refractivity contribution in [2.24, 2.45) is 16.6 Å². The molecule has 18 heavy (non-hydrogen) atoms. The summed E-state index contributed by atoms with van der Waals surface area (Å²) in [6, 6.07) is 0. The van der Waals surface area contributed by atoms with Gasteiger partial charge in [0.2, 0.25) is 0 Å². The van der Waals surface area contributed by atoms with Crippen molar-refractivity contribution in [3.63, 3.8) is 0 Å². The highest BCUT2D eigenvalue weighted by molar-refractivity contribution is 5.78. The fourth-order valence-electron chi connectivity index (χ4n) is 2.46.